The first-order chi connectivity index (χ1) is 32.6. The first kappa shape index (κ1) is 19.5. The molecule has 5 nitrogen and oxygen atoms in total. The van der Waals surface area contributed by atoms with E-state index in [2.05, 4.69) is 0 Å². The van der Waals surface area contributed by atoms with E-state index in [-0.39, 0.29) is 43.7 Å². The minimum atomic E-state index is -0.712. The predicted octanol–water partition coefficient (Wildman–Crippen LogP) is 12.7. The highest BCUT2D eigenvalue weighted by Gasteiger charge is 2.19. The summed E-state index contributed by atoms with van der Waals surface area (Å²) < 4.78 is 133. The van der Waals surface area contributed by atoms with Crippen LogP contribution in [0.1, 0.15) is 19.2 Å². The average molecular weight is 705 g/mol. The van der Waals surface area contributed by atoms with Crippen molar-refractivity contribution >= 4 is 54.5 Å². The van der Waals surface area contributed by atoms with Gasteiger partial charge in [-0.05, 0) is 70.3 Å². The van der Waals surface area contributed by atoms with Crippen molar-refractivity contribution in [3.63, 3.8) is 0 Å². The standard InChI is InChI=1S/C49H30N4O/c1-3-12-32(13-4-1)47-50-48(33-14-5-2-6-15-33)52-49(51-47)41-20-11-19-40-39-27-24-36(30-45(39)54-46(40)41)31-22-25-37(26-23-31)53-43-21-10-9-18-38(43)42-28-34-16-7-8-17-35(34)29-44(42)53/h1-30H/i7D,8D,9D,10D,16D,17D,18D,21D,22D,23D,25D,26D,28D,29D. The molecule has 0 atom stereocenters. The smallest absolute Gasteiger partial charge is 0.167 e. The second-order valence-corrected chi connectivity index (χ2v) is 12.5. The predicted molar refractivity (Wildman–Crippen MR) is 221 cm³/mol. The van der Waals surface area contributed by atoms with Crippen LogP contribution in [0.2, 0.25) is 0 Å². The van der Waals surface area contributed by atoms with Gasteiger partial charge in [-0.2, -0.15) is 0 Å². The monoisotopic (exact) mass is 704 g/mol. The van der Waals surface area contributed by atoms with Gasteiger partial charge in [-0.3, -0.25) is 0 Å². The molecule has 0 amide bonds. The molecular weight excluding hydrogens is 661 g/mol. The zero-order valence-electron chi connectivity index (χ0n) is 41.9. The van der Waals surface area contributed by atoms with Crippen LogP contribution in [0.4, 0.5) is 0 Å². The van der Waals surface area contributed by atoms with E-state index in [1.165, 1.54) is 0 Å². The minimum absolute atomic E-state index is 0.127. The van der Waals surface area contributed by atoms with Gasteiger partial charge in [-0.1, -0.05) is 133 Å². The Morgan fingerprint density at radius 2 is 1.13 bits per heavy atom. The van der Waals surface area contributed by atoms with Gasteiger partial charge in [0.2, 0.25) is 0 Å². The van der Waals surface area contributed by atoms with E-state index in [4.69, 9.17) is 30.3 Å². The Kier molecular flexibility index (Phi) is 4.36. The molecule has 54 heavy (non-hydrogen) atoms. The first-order valence-corrected chi connectivity index (χ1v) is 17.0. The normalized spacial score (nSPS) is 15.3. The molecule has 0 saturated heterocycles. The topological polar surface area (TPSA) is 56.7 Å². The number of hydrogen-bond acceptors (Lipinski definition) is 4. The first-order valence-electron chi connectivity index (χ1n) is 24.0. The van der Waals surface area contributed by atoms with Crippen LogP contribution < -0.4 is 0 Å². The molecule has 0 aliphatic carbocycles. The van der Waals surface area contributed by atoms with E-state index >= 15 is 0 Å². The Morgan fingerprint density at radius 1 is 0.463 bits per heavy atom. The van der Waals surface area contributed by atoms with Gasteiger partial charge in [-0.15, -0.1) is 0 Å². The van der Waals surface area contributed by atoms with Gasteiger partial charge < -0.3 is 8.98 Å². The van der Waals surface area contributed by atoms with Crippen molar-refractivity contribution in [1.82, 2.24) is 19.5 Å². The van der Waals surface area contributed by atoms with E-state index in [9.17, 15) is 8.22 Å². The van der Waals surface area contributed by atoms with Gasteiger partial charge in [0.1, 0.15) is 11.2 Å². The summed E-state index contributed by atoms with van der Waals surface area (Å²) in [7, 11) is 0. The van der Waals surface area contributed by atoms with Crippen molar-refractivity contribution in [2.24, 2.45) is 0 Å². The third-order valence-electron chi connectivity index (χ3n) is 9.35. The number of hydrogen-bond donors (Lipinski definition) is 0. The maximum absolute atomic E-state index is 9.45. The van der Waals surface area contributed by atoms with Crippen LogP contribution in [0.3, 0.4) is 0 Å². The Hall–Kier alpha value is -7.37. The zero-order valence-corrected chi connectivity index (χ0v) is 27.9. The van der Waals surface area contributed by atoms with Gasteiger partial charge in [0.05, 0.1) is 35.8 Å². The van der Waals surface area contributed by atoms with E-state index in [0.29, 0.717) is 39.6 Å². The zero-order chi connectivity index (χ0) is 47.8. The molecule has 0 radical (unpaired) electrons. The Labute approximate surface area is 330 Å². The van der Waals surface area contributed by atoms with Crippen molar-refractivity contribution < 1.29 is 23.6 Å². The Morgan fingerprint density at radius 3 is 1.87 bits per heavy atom. The fourth-order valence-electron chi connectivity index (χ4n) is 6.82. The second kappa shape index (κ2) is 12.1. The van der Waals surface area contributed by atoms with Gasteiger partial charge in [0, 0.05) is 38.4 Å². The van der Waals surface area contributed by atoms with Crippen LogP contribution in [0.15, 0.2) is 186 Å². The van der Waals surface area contributed by atoms with E-state index in [1.807, 2.05) is 78.9 Å². The second-order valence-electron chi connectivity index (χ2n) is 12.5. The summed E-state index contributed by atoms with van der Waals surface area (Å²) in [4.78, 5) is 14.6. The Balaban J connectivity index is 1.13. The quantitative estimate of drug-likeness (QED) is 0.179. The number of furan rings is 1. The number of fused-ring (bicyclic) bond motifs is 7. The summed E-state index contributed by atoms with van der Waals surface area (Å²) in [5.74, 6) is 1.27. The summed E-state index contributed by atoms with van der Waals surface area (Å²) in [5.41, 5.74) is 1.85. The van der Waals surface area contributed by atoms with Gasteiger partial charge >= 0.3 is 0 Å². The van der Waals surface area contributed by atoms with Crippen LogP contribution in [0.25, 0.3) is 105 Å². The third-order valence-corrected chi connectivity index (χ3v) is 9.35. The van der Waals surface area contributed by atoms with Gasteiger partial charge in [-0.25, -0.2) is 15.0 Å². The van der Waals surface area contributed by atoms with Gasteiger partial charge in [0.15, 0.2) is 17.5 Å². The molecule has 3 aromatic heterocycles. The van der Waals surface area contributed by atoms with Crippen molar-refractivity contribution in [2.75, 3.05) is 0 Å². The molecule has 11 rings (SSSR count). The molecule has 0 spiro atoms. The number of para-hydroxylation sites is 2. The average Bonchev–Trinajstić information content (AvgIpc) is 3.91. The van der Waals surface area contributed by atoms with Gasteiger partial charge in [0.25, 0.3) is 0 Å². The lowest BCUT2D eigenvalue weighted by molar-refractivity contribution is 0.669. The number of rotatable bonds is 5. The number of benzene rings is 8. The lowest BCUT2D eigenvalue weighted by atomic mass is 10.0. The molecule has 0 aliphatic heterocycles. The molecule has 0 bridgehead atoms. The summed E-state index contributed by atoms with van der Waals surface area (Å²) in [6.07, 6.45) is 0. The van der Waals surface area contributed by atoms with Crippen LogP contribution in [-0.4, -0.2) is 19.5 Å². The van der Waals surface area contributed by atoms with Crippen molar-refractivity contribution in [3.8, 4) is 51.0 Å². The van der Waals surface area contributed by atoms with E-state index < -0.39 is 90.3 Å². The molecule has 0 aliphatic rings. The molecule has 5 heteroatoms. The minimum Gasteiger partial charge on any atom is -0.455 e. The third kappa shape index (κ3) is 4.90. The van der Waals surface area contributed by atoms with Crippen LogP contribution in [0, 0.1) is 0 Å². The summed E-state index contributed by atoms with van der Waals surface area (Å²) in [6, 6.07) is 20.7. The Bertz CT molecular complexity index is 3940. The summed E-state index contributed by atoms with van der Waals surface area (Å²) in [5, 5.41) is 0.0806. The maximum Gasteiger partial charge on any atom is 0.167 e. The highest BCUT2D eigenvalue weighted by molar-refractivity contribution is 6.14. The van der Waals surface area contributed by atoms with Crippen molar-refractivity contribution in [1.29, 1.82) is 0 Å². The van der Waals surface area contributed by atoms with Crippen LogP contribution >= 0.6 is 0 Å². The van der Waals surface area contributed by atoms with E-state index in [0.717, 1.165) is 21.1 Å². The number of aromatic nitrogens is 4. The largest absolute Gasteiger partial charge is 0.455 e. The SMILES string of the molecule is [2H]c1c([2H])c(-n2c3c([2H])c([2H])c([2H])c([2H])c3c3c([2H])c4c([2H])c([2H])c([2H])c([2H])c4c([2H])c32)c([2H])c([2H])c1-c1ccc2c(c1)oc1c(-c3nc(-c4ccccc4)nc(-c4ccccc4)n3)cccc12. The molecular formula is C49H30N4O. The van der Waals surface area contributed by atoms with Crippen molar-refractivity contribution in [3.05, 3.63) is 182 Å². The molecule has 0 fully saturated rings. The molecule has 0 saturated carbocycles. The fourth-order valence-corrected chi connectivity index (χ4v) is 6.82. The van der Waals surface area contributed by atoms with E-state index in [1.54, 1.807) is 18.2 Å². The molecule has 0 N–H and O–H groups in total. The maximum atomic E-state index is 9.45. The molecule has 0 unspecified atom stereocenters. The lowest BCUT2D eigenvalue weighted by Crippen LogP contribution is -2.00. The number of nitrogens with zero attached hydrogens (tertiary/aromatic N) is 4. The highest BCUT2D eigenvalue weighted by atomic mass is 16.3. The highest BCUT2D eigenvalue weighted by Crippen LogP contribution is 2.39. The van der Waals surface area contributed by atoms with Crippen LogP contribution in [-0.2, 0) is 0 Å². The van der Waals surface area contributed by atoms with Crippen LogP contribution in [0.5, 0.6) is 0 Å². The molecule has 252 valence electrons. The molecule has 8 aromatic carbocycles. The summed E-state index contributed by atoms with van der Waals surface area (Å²) in [6.45, 7) is 0. The van der Waals surface area contributed by atoms with Crippen molar-refractivity contribution in [2.45, 2.75) is 0 Å². The molecule has 3 heterocycles. The summed E-state index contributed by atoms with van der Waals surface area (Å²) >= 11 is 0. The molecule has 11 aromatic rings. The lowest BCUT2D eigenvalue weighted by Gasteiger charge is -2.10. The fraction of sp³-hybridized carbons (Fsp3) is 0.